The van der Waals surface area contributed by atoms with Gasteiger partial charge in [0.25, 0.3) is 0 Å². The summed E-state index contributed by atoms with van der Waals surface area (Å²) in [6.45, 7) is 2.65. The van der Waals surface area contributed by atoms with Crippen LogP contribution in [0.2, 0.25) is 0 Å². The first-order valence-corrected chi connectivity index (χ1v) is 6.68. The van der Waals surface area contributed by atoms with E-state index in [-0.39, 0.29) is 6.04 Å². The summed E-state index contributed by atoms with van der Waals surface area (Å²) in [5, 5.41) is 0. The number of nitrogens with zero attached hydrogens (tertiary/aromatic N) is 1. The van der Waals surface area contributed by atoms with Crippen molar-refractivity contribution < 1.29 is 4.74 Å². The summed E-state index contributed by atoms with van der Waals surface area (Å²) in [7, 11) is 0. The van der Waals surface area contributed by atoms with Crippen molar-refractivity contribution in [1.82, 2.24) is 4.98 Å². The van der Waals surface area contributed by atoms with Gasteiger partial charge in [0.2, 0.25) is 0 Å². The highest BCUT2D eigenvalue weighted by Crippen LogP contribution is 2.21. The highest BCUT2D eigenvalue weighted by Gasteiger charge is 2.07. The van der Waals surface area contributed by atoms with Gasteiger partial charge in [0.1, 0.15) is 5.75 Å². The summed E-state index contributed by atoms with van der Waals surface area (Å²) in [4.78, 5) is 4.31. The maximum Gasteiger partial charge on any atom is 0.119 e. The molecule has 0 spiro atoms. The zero-order valence-corrected chi connectivity index (χ0v) is 11.3. The summed E-state index contributed by atoms with van der Waals surface area (Å²) < 4.78 is 5.49. The Labute approximate surface area is 114 Å². The molecule has 3 nitrogen and oxygen atoms in total. The summed E-state index contributed by atoms with van der Waals surface area (Å²) >= 11 is 0. The van der Waals surface area contributed by atoms with Gasteiger partial charge in [-0.15, -0.1) is 0 Å². The van der Waals surface area contributed by atoms with Gasteiger partial charge in [-0.3, -0.25) is 4.98 Å². The molecular weight excluding hydrogens is 236 g/mol. The Hall–Kier alpha value is -1.87. The summed E-state index contributed by atoms with van der Waals surface area (Å²) in [6.07, 6.45) is 3.59. The number of aromatic nitrogens is 1. The molecule has 0 aliphatic heterocycles. The van der Waals surface area contributed by atoms with E-state index in [9.17, 15) is 0 Å². The number of aryl methyl sites for hydroxylation is 1. The molecule has 19 heavy (non-hydrogen) atoms. The monoisotopic (exact) mass is 256 g/mol. The Bertz CT molecular complexity index is 499. The van der Waals surface area contributed by atoms with Gasteiger partial charge >= 0.3 is 0 Å². The molecule has 0 saturated carbocycles. The maximum atomic E-state index is 6.22. The lowest BCUT2D eigenvalue weighted by Crippen LogP contribution is -2.11. The van der Waals surface area contributed by atoms with Crippen LogP contribution in [0.1, 0.15) is 30.6 Å². The van der Waals surface area contributed by atoms with Gasteiger partial charge in [0.15, 0.2) is 0 Å². The molecule has 1 aromatic heterocycles. The fraction of sp³-hybridized carbons (Fsp3) is 0.312. The van der Waals surface area contributed by atoms with Gasteiger partial charge in [0, 0.05) is 17.9 Å². The van der Waals surface area contributed by atoms with Crippen molar-refractivity contribution in [3.63, 3.8) is 0 Å². The number of hydrogen-bond donors (Lipinski definition) is 1. The predicted octanol–water partition coefficient (Wildman–Crippen LogP) is 3.11. The van der Waals surface area contributed by atoms with E-state index < -0.39 is 0 Å². The van der Waals surface area contributed by atoms with Crippen molar-refractivity contribution in [1.29, 1.82) is 0 Å². The first-order valence-electron chi connectivity index (χ1n) is 6.68. The molecule has 0 aliphatic carbocycles. The first-order chi connectivity index (χ1) is 9.29. The molecule has 0 radical (unpaired) electrons. The summed E-state index contributed by atoms with van der Waals surface area (Å²) in [5.41, 5.74) is 8.42. The number of ether oxygens (including phenoxy) is 1. The van der Waals surface area contributed by atoms with E-state index in [1.54, 1.807) is 0 Å². The second kappa shape index (κ2) is 6.90. The smallest absolute Gasteiger partial charge is 0.119 e. The number of nitrogens with two attached hydrogens (primary N) is 1. The van der Waals surface area contributed by atoms with Crippen molar-refractivity contribution in [3.8, 4) is 5.75 Å². The highest BCUT2D eigenvalue weighted by molar-refractivity contribution is 5.30. The number of pyridine rings is 1. The molecule has 0 saturated heterocycles. The highest BCUT2D eigenvalue weighted by atomic mass is 16.5. The molecule has 3 heteroatoms. The fourth-order valence-corrected chi connectivity index (χ4v) is 2.02. The summed E-state index contributed by atoms with van der Waals surface area (Å²) in [5.74, 6) is 0.883. The van der Waals surface area contributed by atoms with E-state index in [1.807, 2.05) is 55.6 Å². The fourth-order valence-electron chi connectivity index (χ4n) is 2.02. The lowest BCUT2D eigenvalue weighted by atomic mass is 10.0. The molecule has 1 atom stereocenters. The van der Waals surface area contributed by atoms with Crippen molar-refractivity contribution in [2.24, 2.45) is 5.73 Å². The van der Waals surface area contributed by atoms with Crippen LogP contribution in [0.4, 0.5) is 0 Å². The number of benzene rings is 1. The standard InChI is InChI=1S/C16H20N2O/c1-2-19-15-8-5-6-13(12-15)16(17)10-9-14-7-3-4-11-18-14/h3-8,11-12,16H,2,9-10,17H2,1H3. The van der Waals surface area contributed by atoms with Gasteiger partial charge in [-0.05, 0) is 49.6 Å². The van der Waals surface area contributed by atoms with Gasteiger partial charge in [0.05, 0.1) is 6.61 Å². The van der Waals surface area contributed by atoms with E-state index in [4.69, 9.17) is 10.5 Å². The number of rotatable bonds is 6. The van der Waals surface area contributed by atoms with Gasteiger partial charge < -0.3 is 10.5 Å². The lowest BCUT2D eigenvalue weighted by Gasteiger charge is -2.13. The molecule has 2 rings (SSSR count). The molecule has 0 fully saturated rings. The Morgan fingerprint density at radius 2 is 2.11 bits per heavy atom. The number of hydrogen-bond acceptors (Lipinski definition) is 3. The van der Waals surface area contributed by atoms with Crippen LogP contribution in [0, 0.1) is 0 Å². The normalized spacial score (nSPS) is 12.1. The van der Waals surface area contributed by atoms with Crippen molar-refractivity contribution >= 4 is 0 Å². The third-order valence-corrected chi connectivity index (χ3v) is 3.03. The van der Waals surface area contributed by atoms with E-state index in [1.165, 1.54) is 0 Å². The van der Waals surface area contributed by atoms with E-state index >= 15 is 0 Å². The second-order valence-electron chi connectivity index (χ2n) is 4.47. The van der Waals surface area contributed by atoms with Crippen molar-refractivity contribution in [2.45, 2.75) is 25.8 Å². The largest absolute Gasteiger partial charge is 0.494 e. The molecule has 2 N–H and O–H groups in total. The predicted molar refractivity (Wildman–Crippen MR) is 77.1 cm³/mol. The third kappa shape index (κ3) is 4.07. The van der Waals surface area contributed by atoms with Crippen LogP contribution < -0.4 is 10.5 Å². The zero-order chi connectivity index (χ0) is 13.5. The average Bonchev–Trinajstić information content (AvgIpc) is 2.46. The Morgan fingerprint density at radius 3 is 2.84 bits per heavy atom. The minimum atomic E-state index is 0.0161. The SMILES string of the molecule is CCOc1cccc(C(N)CCc2ccccn2)c1. The Balaban J connectivity index is 1.95. The van der Waals surface area contributed by atoms with Crippen LogP contribution in [0.3, 0.4) is 0 Å². The third-order valence-electron chi connectivity index (χ3n) is 3.03. The van der Waals surface area contributed by atoms with Gasteiger partial charge in [-0.25, -0.2) is 0 Å². The molecule has 0 aliphatic rings. The van der Waals surface area contributed by atoms with Gasteiger partial charge in [-0.2, -0.15) is 0 Å². The summed E-state index contributed by atoms with van der Waals surface area (Å²) in [6, 6.07) is 14.0. The Morgan fingerprint density at radius 1 is 1.21 bits per heavy atom. The van der Waals surface area contributed by atoms with Crippen LogP contribution in [0.5, 0.6) is 5.75 Å². The van der Waals surface area contributed by atoms with Crippen LogP contribution in [0.15, 0.2) is 48.7 Å². The van der Waals surface area contributed by atoms with Crippen molar-refractivity contribution in [3.05, 3.63) is 59.9 Å². The van der Waals surface area contributed by atoms with E-state index in [2.05, 4.69) is 4.98 Å². The van der Waals surface area contributed by atoms with Crippen LogP contribution in [-0.4, -0.2) is 11.6 Å². The molecule has 0 bridgehead atoms. The molecule has 100 valence electrons. The molecular formula is C16H20N2O. The van der Waals surface area contributed by atoms with Gasteiger partial charge in [-0.1, -0.05) is 18.2 Å². The molecule has 1 unspecified atom stereocenters. The van der Waals surface area contributed by atoms with Crippen LogP contribution in [-0.2, 0) is 6.42 Å². The van der Waals surface area contributed by atoms with Crippen molar-refractivity contribution in [2.75, 3.05) is 6.61 Å². The van der Waals surface area contributed by atoms with Crippen LogP contribution in [0.25, 0.3) is 0 Å². The molecule has 1 aromatic carbocycles. The lowest BCUT2D eigenvalue weighted by molar-refractivity contribution is 0.339. The first kappa shape index (κ1) is 13.6. The zero-order valence-electron chi connectivity index (χ0n) is 11.3. The quantitative estimate of drug-likeness (QED) is 0.864. The topological polar surface area (TPSA) is 48.1 Å². The minimum Gasteiger partial charge on any atom is -0.494 e. The van der Waals surface area contributed by atoms with E-state index in [0.717, 1.165) is 29.8 Å². The van der Waals surface area contributed by atoms with Crippen LogP contribution >= 0.6 is 0 Å². The average molecular weight is 256 g/mol. The second-order valence-corrected chi connectivity index (χ2v) is 4.47. The molecule has 0 amide bonds. The minimum absolute atomic E-state index is 0.0161. The Kier molecular flexibility index (Phi) is 4.93. The van der Waals surface area contributed by atoms with E-state index in [0.29, 0.717) is 6.61 Å². The molecule has 1 heterocycles. The molecule has 2 aromatic rings. The maximum absolute atomic E-state index is 6.22.